The molecule has 3 heterocycles. The van der Waals surface area contributed by atoms with Gasteiger partial charge in [-0.1, -0.05) is 6.07 Å². The van der Waals surface area contributed by atoms with E-state index in [1.807, 2.05) is 28.3 Å². The zero-order valence-electron chi connectivity index (χ0n) is 12.8. The second kappa shape index (κ2) is 6.29. The Labute approximate surface area is 135 Å². The average Bonchev–Trinajstić information content (AvgIpc) is 3.17. The van der Waals surface area contributed by atoms with Crippen LogP contribution in [0.15, 0.2) is 17.5 Å². The first kappa shape index (κ1) is 16.0. The van der Waals surface area contributed by atoms with E-state index in [1.54, 1.807) is 11.3 Å². The minimum atomic E-state index is -2.91. The summed E-state index contributed by atoms with van der Waals surface area (Å²) >= 11 is 1.70. The highest BCUT2D eigenvalue weighted by Gasteiger charge is 2.34. The van der Waals surface area contributed by atoms with E-state index in [9.17, 15) is 13.2 Å². The van der Waals surface area contributed by atoms with E-state index in [-0.39, 0.29) is 29.5 Å². The average molecular weight is 342 g/mol. The van der Waals surface area contributed by atoms with Gasteiger partial charge in [-0.2, -0.15) is 0 Å². The van der Waals surface area contributed by atoms with Crippen LogP contribution >= 0.6 is 11.3 Å². The van der Waals surface area contributed by atoms with Gasteiger partial charge in [0.2, 0.25) is 5.91 Å². The van der Waals surface area contributed by atoms with Crippen LogP contribution in [0.2, 0.25) is 0 Å². The molecular weight excluding hydrogens is 320 g/mol. The molecule has 2 aliphatic rings. The lowest BCUT2D eigenvalue weighted by atomic mass is 10.2. The zero-order valence-corrected chi connectivity index (χ0v) is 14.4. The lowest BCUT2D eigenvalue weighted by molar-refractivity contribution is -0.133. The van der Waals surface area contributed by atoms with Crippen molar-refractivity contribution in [3.63, 3.8) is 0 Å². The molecule has 3 rings (SSSR count). The Morgan fingerprint density at radius 1 is 1.45 bits per heavy atom. The highest BCUT2D eigenvalue weighted by molar-refractivity contribution is 7.91. The highest BCUT2D eigenvalue weighted by atomic mass is 32.2. The zero-order chi connectivity index (χ0) is 15.7. The van der Waals surface area contributed by atoms with Crippen LogP contribution in [-0.2, 0) is 14.6 Å². The number of likely N-dealkylation sites (N-methyl/N-ethyl adjacent to an activating group) is 1. The second-order valence-electron chi connectivity index (χ2n) is 6.23. The SMILES string of the molecule is CN(CC(=O)N1CCC[C@H]1c1cccs1)[C@@H]1CCS(=O)(=O)C1. The minimum Gasteiger partial charge on any atom is -0.334 e. The predicted molar refractivity (Wildman–Crippen MR) is 87.7 cm³/mol. The van der Waals surface area contributed by atoms with Crippen LogP contribution in [0.1, 0.15) is 30.2 Å². The summed E-state index contributed by atoms with van der Waals surface area (Å²) in [6.45, 7) is 1.11. The van der Waals surface area contributed by atoms with Crippen LogP contribution in [0.3, 0.4) is 0 Å². The van der Waals surface area contributed by atoms with E-state index >= 15 is 0 Å². The Morgan fingerprint density at radius 2 is 2.27 bits per heavy atom. The maximum atomic E-state index is 12.6. The van der Waals surface area contributed by atoms with Crippen LogP contribution in [0.4, 0.5) is 0 Å². The fraction of sp³-hybridized carbons (Fsp3) is 0.667. The molecule has 1 aromatic rings. The Kier molecular flexibility index (Phi) is 4.56. The highest BCUT2D eigenvalue weighted by Crippen LogP contribution is 2.34. The van der Waals surface area contributed by atoms with E-state index in [2.05, 4.69) is 6.07 Å². The lowest BCUT2D eigenvalue weighted by Crippen LogP contribution is -2.42. The third kappa shape index (κ3) is 3.36. The Balaban J connectivity index is 1.62. The third-order valence-corrected chi connectivity index (χ3v) is 7.39. The van der Waals surface area contributed by atoms with Crippen LogP contribution in [0.5, 0.6) is 0 Å². The van der Waals surface area contributed by atoms with Crippen LogP contribution < -0.4 is 0 Å². The van der Waals surface area contributed by atoms with Crippen molar-refractivity contribution in [2.24, 2.45) is 0 Å². The molecule has 0 bridgehead atoms. The van der Waals surface area contributed by atoms with Crippen molar-refractivity contribution in [1.82, 2.24) is 9.80 Å². The molecule has 22 heavy (non-hydrogen) atoms. The molecule has 0 aromatic carbocycles. The largest absolute Gasteiger partial charge is 0.334 e. The molecule has 0 saturated carbocycles. The summed E-state index contributed by atoms with van der Waals surface area (Å²) in [4.78, 5) is 17.7. The molecule has 2 saturated heterocycles. The van der Waals surface area contributed by atoms with Crippen molar-refractivity contribution >= 4 is 27.1 Å². The molecule has 0 aliphatic carbocycles. The molecule has 0 radical (unpaired) electrons. The quantitative estimate of drug-likeness (QED) is 0.833. The summed E-state index contributed by atoms with van der Waals surface area (Å²) < 4.78 is 23.1. The molecular formula is C15H22N2O3S2. The van der Waals surface area contributed by atoms with Gasteiger partial charge >= 0.3 is 0 Å². The monoisotopic (exact) mass is 342 g/mol. The topological polar surface area (TPSA) is 57.7 Å². The second-order valence-corrected chi connectivity index (χ2v) is 9.44. The third-order valence-electron chi connectivity index (χ3n) is 4.66. The van der Waals surface area contributed by atoms with Gasteiger partial charge in [0.25, 0.3) is 0 Å². The number of carbonyl (C=O) groups excluding carboxylic acids is 1. The first-order chi connectivity index (χ1) is 10.5. The lowest BCUT2D eigenvalue weighted by Gasteiger charge is -2.28. The first-order valence-corrected chi connectivity index (χ1v) is 10.4. The summed E-state index contributed by atoms with van der Waals surface area (Å²) in [7, 11) is -1.05. The van der Waals surface area contributed by atoms with E-state index in [0.29, 0.717) is 13.0 Å². The first-order valence-electron chi connectivity index (χ1n) is 7.70. The molecule has 122 valence electrons. The molecule has 1 aromatic heterocycles. The number of nitrogens with zero attached hydrogens (tertiary/aromatic N) is 2. The summed E-state index contributed by atoms with van der Waals surface area (Å²) in [6.07, 6.45) is 2.70. The van der Waals surface area contributed by atoms with Gasteiger partial charge in [-0.3, -0.25) is 9.69 Å². The summed E-state index contributed by atoms with van der Waals surface area (Å²) in [5.74, 6) is 0.547. The summed E-state index contributed by atoms with van der Waals surface area (Å²) in [6, 6.07) is 4.30. The molecule has 2 atom stereocenters. The number of carbonyl (C=O) groups is 1. The fourth-order valence-electron chi connectivity index (χ4n) is 3.40. The maximum Gasteiger partial charge on any atom is 0.237 e. The van der Waals surface area contributed by atoms with Crippen LogP contribution in [-0.4, -0.2) is 61.8 Å². The van der Waals surface area contributed by atoms with Crippen molar-refractivity contribution in [2.75, 3.05) is 31.6 Å². The summed E-state index contributed by atoms with van der Waals surface area (Å²) in [5.41, 5.74) is 0. The van der Waals surface area contributed by atoms with E-state index in [0.717, 1.165) is 19.4 Å². The number of amides is 1. The number of rotatable bonds is 4. The molecule has 7 heteroatoms. The minimum absolute atomic E-state index is 0.0169. The number of thiophene rings is 1. The molecule has 2 fully saturated rings. The molecule has 5 nitrogen and oxygen atoms in total. The van der Waals surface area contributed by atoms with Crippen LogP contribution in [0, 0.1) is 0 Å². The number of likely N-dealkylation sites (tertiary alicyclic amines) is 1. The van der Waals surface area contributed by atoms with Gasteiger partial charge < -0.3 is 4.90 Å². The Morgan fingerprint density at radius 3 is 2.91 bits per heavy atom. The molecule has 1 amide bonds. The van der Waals surface area contributed by atoms with Crippen molar-refractivity contribution in [3.05, 3.63) is 22.4 Å². The van der Waals surface area contributed by atoms with Gasteiger partial charge in [0.1, 0.15) is 0 Å². The molecule has 0 N–H and O–H groups in total. The van der Waals surface area contributed by atoms with E-state index in [1.165, 1.54) is 4.88 Å². The normalized spacial score (nSPS) is 27.6. The Bertz CT molecular complexity index is 627. The van der Waals surface area contributed by atoms with Gasteiger partial charge in [0.15, 0.2) is 9.84 Å². The van der Waals surface area contributed by atoms with Crippen molar-refractivity contribution in [3.8, 4) is 0 Å². The predicted octanol–water partition coefficient (Wildman–Crippen LogP) is 1.53. The standard InChI is InChI=1S/C15H22N2O3S2/c1-16(12-6-9-22(19,20)11-12)10-15(18)17-7-2-4-13(17)14-5-3-8-21-14/h3,5,8,12-13H,2,4,6-7,9-11H2,1H3/t12-,13+/m1/s1. The van der Waals surface area contributed by atoms with Gasteiger partial charge in [0, 0.05) is 17.5 Å². The van der Waals surface area contributed by atoms with Gasteiger partial charge in [-0.25, -0.2) is 8.42 Å². The van der Waals surface area contributed by atoms with Crippen molar-refractivity contribution in [2.45, 2.75) is 31.3 Å². The smallest absolute Gasteiger partial charge is 0.237 e. The Hall–Kier alpha value is -0.920. The number of hydrogen-bond acceptors (Lipinski definition) is 5. The molecule has 2 aliphatic heterocycles. The van der Waals surface area contributed by atoms with Crippen molar-refractivity contribution in [1.29, 1.82) is 0 Å². The van der Waals surface area contributed by atoms with Gasteiger partial charge in [-0.05, 0) is 37.8 Å². The van der Waals surface area contributed by atoms with E-state index < -0.39 is 9.84 Å². The van der Waals surface area contributed by atoms with Crippen LogP contribution in [0.25, 0.3) is 0 Å². The van der Waals surface area contributed by atoms with Crippen molar-refractivity contribution < 1.29 is 13.2 Å². The number of sulfone groups is 1. The van der Waals surface area contributed by atoms with Gasteiger partial charge in [-0.15, -0.1) is 11.3 Å². The molecule has 0 unspecified atom stereocenters. The maximum absolute atomic E-state index is 12.6. The van der Waals surface area contributed by atoms with Gasteiger partial charge in [0.05, 0.1) is 24.1 Å². The fourth-order valence-corrected chi connectivity index (χ4v) is 6.08. The molecule has 0 spiro atoms. The van der Waals surface area contributed by atoms with E-state index in [4.69, 9.17) is 0 Å². The summed E-state index contributed by atoms with van der Waals surface area (Å²) in [5, 5.41) is 2.05. The number of hydrogen-bond donors (Lipinski definition) is 0.